The van der Waals surface area contributed by atoms with Crippen molar-refractivity contribution in [2.45, 2.75) is 20.3 Å². The number of rotatable bonds is 3. The molecule has 22 heavy (non-hydrogen) atoms. The maximum absolute atomic E-state index is 12.6. The number of benzene rings is 1. The summed E-state index contributed by atoms with van der Waals surface area (Å²) < 4.78 is 11.0. The highest BCUT2D eigenvalue weighted by molar-refractivity contribution is 6.02. The lowest BCUT2D eigenvalue weighted by Gasteiger charge is -2.34. The number of anilines is 1. The number of fused-ring (bicyclic) bond motifs is 1. The van der Waals surface area contributed by atoms with Crippen LogP contribution in [0.4, 0.5) is 5.69 Å². The first-order chi connectivity index (χ1) is 10.5. The zero-order valence-corrected chi connectivity index (χ0v) is 13.3. The summed E-state index contributed by atoms with van der Waals surface area (Å²) in [5, 5.41) is 0. The van der Waals surface area contributed by atoms with Gasteiger partial charge in [-0.3, -0.25) is 9.69 Å². The molecule has 5 nitrogen and oxygen atoms in total. The van der Waals surface area contributed by atoms with Gasteiger partial charge in [-0.05, 0) is 24.3 Å². The van der Waals surface area contributed by atoms with Gasteiger partial charge in [-0.1, -0.05) is 13.8 Å². The van der Waals surface area contributed by atoms with E-state index in [1.807, 2.05) is 0 Å². The molecule has 0 spiro atoms. The summed E-state index contributed by atoms with van der Waals surface area (Å²) in [5.74, 6) is 2.56. The van der Waals surface area contributed by atoms with E-state index in [9.17, 15) is 4.79 Å². The summed E-state index contributed by atoms with van der Waals surface area (Å²) in [5.41, 5.74) is 7.03. The van der Waals surface area contributed by atoms with Crippen molar-refractivity contribution in [2.75, 3.05) is 38.6 Å². The molecule has 0 saturated carbocycles. The van der Waals surface area contributed by atoms with Gasteiger partial charge >= 0.3 is 0 Å². The van der Waals surface area contributed by atoms with Crippen molar-refractivity contribution in [3.05, 3.63) is 17.7 Å². The molecular weight excluding hydrogens is 280 g/mol. The second-order valence-corrected chi connectivity index (χ2v) is 6.65. The molecule has 1 fully saturated rings. The molecule has 1 aromatic rings. The molecule has 5 heteroatoms. The number of ketones is 1. The number of likely N-dealkylation sites (tertiary alicyclic amines) is 1. The van der Waals surface area contributed by atoms with E-state index in [0.29, 0.717) is 54.3 Å². The van der Waals surface area contributed by atoms with Gasteiger partial charge in [0.2, 0.25) is 0 Å². The lowest BCUT2D eigenvalue weighted by molar-refractivity contribution is 0.0849. The molecule has 0 aromatic heterocycles. The number of ether oxygens (including phenoxy) is 2. The van der Waals surface area contributed by atoms with E-state index >= 15 is 0 Å². The van der Waals surface area contributed by atoms with Crippen LogP contribution in [0, 0.1) is 11.8 Å². The van der Waals surface area contributed by atoms with Gasteiger partial charge in [-0.2, -0.15) is 0 Å². The number of Topliss-reactive ketones (excluding diaryl/α,β-unsaturated/α-hetero) is 1. The fourth-order valence-corrected chi connectivity index (χ4v) is 3.56. The van der Waals surface area contributed by atoms with E-state index in [1.54, 1.807) is 12.1 Å². The number of nitrogens with two attached hydrogens (primary N) is 1. The molecule has 0 bridgehead atoms. The maximum Gasteiger partial charge on any atom is 0.179 e. The Morgan fingerprint density at radius 2 is 1.77 bits per heavy atom. The van der Waals surface area contributed by atoms with Gasteiger partial charge < -0.3 is 15.2 Å². The van der Waals surface area contributed by atoms with Gasteiger partial charge in [0.1, 0.15) is 13.2 Å². The Hall–Kier alpha value is -1.75. The van der Waals surface area contributed by atoms with Crippen LogP contribution in [-0.4, -0.2) is 43.5 Å². The fraction of sp³-hybridized carbons (Fsp3) is 0.588. The van der Waals surface area contributed by atoms with Gasteiger partial charge in [0.15, 0.2) is 17.3 Å². The van der Waals surface area contributed by atoms with E-state index in [2.05, 4.69) is 18.7 Å². The summed E-state index contributed by atoms with van der Waals surface area (Å²) in [6, 6.07) is 3.42. The Balaban J connectivity index is 1.74. The van der Waals surface area contributed by atoms with Crippen molar-refractivity contribution in [3.8, 4) is 11.5 Å². The zero-order valence-electron chi connectivity index (χ0n) is 13.3. The quantitative estimate of drug-likeness (QED) is 0.685. The second kappa shape index (κ2) is 6.16. The standard InChI is InChI=1S/C17H24N2O3/c1-11-5-12(2)9-19(8-11)10-15(20)13-6-16-17(7-14(13)18)22-4-3-21-16/h6-7,11-12H,3-5,8-10,18H2,1-2H3. The lowest BCUT2D eigenvalue weighted by Crippen LogP contribution is -2.41. The summed E-state index contributed by atoms with van der Waals surface area (Å²) in [7, 11) is 0. The molecule has 1 saturated heterocycles. The third-order valence-corrected chi connectivity index (χ3v) is 4.33. The Labute approximate surface area is 131 Å². The lowest BCUT2D eigenvalue weighted by atomic mass is 9.91. The van der Waals surface area contributed by atoms with Crippen LogP contribution in [0.2, 0.25) is 0 Å². The van der Waals surface area contributed by atoms with Gasteiger partial charge in [-0.25, -0.2) is 0 Å². The zero-order chi connectivity index (χ0) is 15.7. The van der Waals surface area contributed by atoms with E-state index < -0.39 is 0 Å². The highest BCUT2D eigenvalue weighted by atomic mass is 16.6. The smallest absolute Gasteiger partial charge is 0.179 e. The summed E-state index contributed by atoms with van der Waals surface area (Å²) in [6.45, 7) is 7.87. The monoisotopic (exact) mass is 304 g/mol. The average molecular weight is 304 g/mol. The molecule has 0 radical (unpaired) electrons. The van der Waals surface area contributed by atoms with Crippen LogP contribution in [0.1, 0.15) is 30.6 Å². The van der Waals surface area contributed by atoms with Crippen LogP contribution in [0.5, 0.6) is 11.5 Å². The van der Waals surface area contributed by atoms with Crippen LogP contribution in [0.3, 0.4) is 0 Å². The van der Waals surface area contributed by atoms with Gasteiger partial charge in [-0.15, -0.1) is 0 Å². The molecule has 3 rings (SSSR count). The Morgan fingerprint density at radius 3 is 2.41 bits per heavy atom. The average Bonchev–Trinajstić information content (AvgIpc) is 2.45. The van der Waals surface area contributed by atoms with Gasteiger partial charge in [0.05, 0.1) is 6.54 Å². The Bertz CT molecular complexity index is 563. The molecule has 2 unspecified atom stereocenters. The maximum atomic E-state index is 12.6. The van der Waals surface area contributed by atoms with E-state index in [-0.39, 0.29) is 5.78 Å². The van der Waals surface area contributed by atoms with Crippen LogP contribution >= 0.6 is 0 Å². The topological polar surface area (TPSA) is 64.8 Å². The van der Waals surface area contributed by atoms with Crippen LogP contribution in [-0.2, 0) is 0 Å². The number of nitrogens with zero attached hydrogens (tertiary/aromatic N) is 1. The van der Waals surface area contributed by atoms with Crippen molar-refractivity contribution in [1.82, 2.24) is 4.90 Å². The molecular formula is C17H24N2O3. The minimum Gasteiger partial charge on any atom is -0.486 e. The number of hydrogen-bond donors (Lipinski definition) is 1. The highest BCUT2D eigenvalue weighted by Gasteiger charge is 2.25. The number of carbonyl (C=O) groups excluding carboxylic acids is 1. The SMILES string of the molecule is CC1CC(C)CN(CC(=O)c2cc3c(cc2N)OCCO3)C1. The minimum absolute atomic E-state index is 0.0516. The molecule has 2 N–H and O–H groups in total. The number of nitrogen functional groups attached to an aromatic ring is 1. The molecule has 0 aliphatic carbocycles. The predicted octanol–water partition coefficient (Wildman–Crippen LogP) is 2.20. The third kappa shape index (κ3) is 3.19. The number of piperidine rings is 1. The first-order valence-corrected chi connectivity index (χ1v) is 7.97. The fourth-order valence-electron chi connectivity index (χ4n) is 3.56. The summed E-state index contributed by atoms with van der Waals surface area (Å²) in [6.07, 6.45) is 1.23. The van der Waals surface area contributed by atoms with Crippen LogP contribution in [0.15, 0.2) is 12.1 Å². The second-order valence-electron chi connectivity index (χ2n) is 6.65. The predicted molar refractivity (Wildman–Crippen MR) is 85.6 cm³/mol. The van der Waals surface area contributed by atoms with E-state index in [0.717, 1.165) is 13.1 Å². The van der Waals surface area contributed by atoms with E-state index in [1.165, 1.54) is 6.42 Å². The van der Waals surface area contributed by atoms with Gasteiger partial charge in [0.25, 0.3) is 0 Å². The Morgan fingerprint density at radius 1 is 1.18 bits per heavy atom. The Kier molecular flexibility index (Phi) is 4.25. The van der Waals surface area contributed by atoms with Crippen molar-refractivity contribution in [3.63, 3.8) is 0 Å². The molecule has 2 aliphatic heterocycles. The minimum atomic E-state index is 0.0516. The van der Waals surface area contributed by atoms with Crippen molar-refractivity contribution in [2.24, 2.45) is 11.8 Å². The first kappa shape index (κ1) is 15.2. The number of hydrogen-bond acceptors (Lipinski definition) is 5. The summed E-state index contributed by atoms with van der Waals surface area (Å²) in [4.78, 5) is 14.8. The van der Waals surface area contributed by atoms with Crippen molar-refractivity contribution < 1.29 is 14.3 Å². The molecule has 0 amide bonds. The third-order valence-electron chi connectivity index (χ3n) is 4.33. The normalized spacial score (nSPS) is 25.0. The molecule has 2 aliphatic rings. The van der Waals surface area contributed by atoms with Crippen LogP contribution < -0.4 is 15.2 Å². The van der Waals surface area contributed by atoms with E-state index in [4.69, 9.17) is 15.2 Å². The highest BCUT2D eigenvalue weighted by Crippen LogP contribution is 2.34. The number of carbonyl (C=O) groups is 1. The van der Waals surface area contributed by atoms with Crippen molar-refractivity contribution >= 4 is 11.5 Å². The first-order valence-electron chi connectivity index (χ1n) is 7.97. The van der Waals surface area contributed by atoms with Gasteiger partial charge in [0, 0.05) is 30.4 Å². The molecule has 2 heterocycles. The van der Waals surface area contributed by atoms with Crippen molar-refractivity contribution in [1.29, 1.82) is 0 Å². The largest absolute Gasteiger partial charge is 0.486 e. The van der Waals surface area contributed by atoms with Crippen LogP contribution in [0.25, 0.3) is 0 Å². The molecule has 120 valence electrons. The summed E-state index contributed by atoms with van der Waals surface area (Å²) >= 11 is 0. The molecule has 1 aromatic carbocycles. The molecule has 2 atom stereocenters.